The Balaban J connectivity index is 1.42. The van der Waals surface area contributed by atoms with E-state index in [1.54, 1.807) is 0 Å². The monoisotopic (exact) mass is 408 g/mol. The predicted molar refractivity (Wildman–Crippen MR) is 117 cm³/mol. The van der Waals surface area contributed by atoms with Crippen molar-refractivity contribution in [2.75, 3.05) is 26.2 Å². The van der Waals surface area contributed by atoms with Gasteiger partial charge in [-0.25, -0.2) is 4.68 Å². The lowest BCUT2D eigenvalue weighted by Crippen LogP contribution is -2.44. The minimum Gasteiger partial charge on any atom is -0.342 e. The first-order valence-corrected chi connectivity index (χ1v) is 11.3. The van der Waals surface area contributed by atoms with E-state index < -0.39 is 0 Å². The summed E-state index contributed by atoms with van der Waals surface area (Å²) >= 11 is 0. The highest BCUT2D eigenvalue weighted by Crippen LogP contribution is 2.25. The van der Waals surface area contributed by atoms with Crippen LogP contribution < -0.4 is 0 Å². The minimum atomic E-state index is 0.0350. The SMILES string of the molecule is Cc1nn(-c2ccccc2)c(C)c1C(=O)N1CCC(C(=O)N2CCCCCC2)CC1. The van der Waals surface area contributed by atoms with E-state index in [0.29, 0.717) is 24.6 Å². The van der Waals surface area contributed by atoms with Crippen LogP contribution >= 0.6 is 0 Å². The summed E-state index contributed by atoms with van der Waals surface area (Å²) in [5.74, 6) is 0.391. The van der Waals surface area contributed by atoms with Gasteiger partial charge in [0.05, 0.1) is 22.6 Å². The summed E-state index contributed by atoms with van der Waals surface area (Å²) in [5.41, 5.74) is 3.27. The van der Waals surface area contributed by atoms with Crippen molar-refractivity contribution < 1.29 is 9.59 Å². The van der Waals surface area contributed by atoms with Crippen LogP contribution in [0.3, 0.4) is 0 Å². The van der Waals surface area contributed by atoms with Gasteiger partial charge in [0.25, 0.3) is 5.91 Å². The highest BCUT2D eigenvalue weighted by Gasteiger charge is 2.32. The van der Waals surface area contributed by atoms with Gasteiger partial charge in [0, 0.05) is 32.1 Å². The zero-order valence-electron chi connectivity index (χ0n) is 18.1. The van der Waals surface area contributed by atoms with Crippen molar-refractivity contribution in [3.05, 3.63) is 47.3 Å². The molecule has 0 atom stereocenters. The second-order valence-electron chi connectivity index (χ2n) is 8.60. The zero-order valence-corrected chi connectivity index (χ0v) is 18.1. The van der Waals surface area contributed by atoms with Crippen LogP contribution in [0.5, 0.6) is 0 Å². The molecule has 30 heavy (non-hydrogen) atoms. The predicted octanol–water partition coefficient (Wildman–Crippen LogP) is 3.74. The standard InChI is InChI=1S/C24H32N4O2/c1-18-22(19(2)28(25-18)21-10-6-5-7-11-21)24(30)27-16-12-20(13-17-27)23(29)26-14-8-3-4-9-15-26/h5-7,10-11,20H,3-4,8-9,12-17H2,1-2H3. The first kappa shape index (κ1) is 20.6. The lowest BCUT2D eigenvalue weighted by molar-refractivity contribution is -0.136. The van der Waals surface area contributed by atoms with Crippen LogP contribution in [0.25, 0.3) is 5.69 Å². The molecule has 0 spiro atoms. The Morgan fingerprint density at radius 2 is 1.50 bits per heavy atom. The van der Waals surface area contributed by atoms with E-state index >= 15 is 0 Å². The number of piperidine rings is 1. The molecular weight excluding hydrogens is 376 g/mol. The maximum Gasteiger partial charge on any atom is 0.257 e. The van der Waals surface area contributed by atoms with Crippen molar-refractivity contribution in [3.8, 4) is 5.69 Å². The second kappa shape index (κ2) is 9.02. The van der Waals surface area contributed by atoms with Crippen LogP contribution in [0.1, 0.15) is 60.3 Å². The summed E-state index contributed by atoms with van der Waals surface area (Å²) in [6.07, 6.45) is 6.20. The Hall–Kier alpha value is -2.63. The number of hydrogen-bond acceptors (Lipinski definition) is 3. The van der Waals surface area contributed by atoms with Gasteiger partial charge in [-0.3, -0.25) is 9.59 Å². The van der Waals surface area contributed by atoms with Gasteiger partial charge in [0.2, 0.25) is 5.91 Å². The van der Waals surface area contributed by atoms with E-state index in [1.807, 2.05) is 53.8 Å². The molecule has 2 fully saturated rings. The molecule has 0 N–H and O–H groups in total. The number of hydrogen-bond donors (Lipinski definition) is 0. The average molecular weight is 409 g/mol. The van der Waals surface area contributed by atoms with E-state index in [4.69, 9.17) is 0 Å². The maximum absolute atomic E-state index is 13.3. The van der Waals surface area contributed by atoms with Crippen LogP contribution in [0.4, 0.5) is 0 Å². The Kier molecular flexibility index (Phi) is 6.21. The van der Waals surface area contributed by atoms with E-state index in [0.717, 1.165) is 55.8 Å². The Labute approximate surface area is 178 Å². The quantitative estimate of drug-likeness (QED) is 0.777. The summed E-state index contributed by atoms with van der Waals surface area (Å²) in [6, 6.07) is 9.90. The highest BCUT2D eigenvalue weighted by molar-refractivity contribution is 5.96. The lowest BCUT2D eigenvalue weighted by atomic mass is 9.94. The zero-order chi connectivity index (χ0) is 21.1. The van der Waals surface area contributed by atoms with E-state index in [2.05, 4.69) is 10.00 Å². The summed E-state index contributed by atoms with van der Waals surface area (Å²) in [4.78, 5) is 30.2. The number of carbonyl (C=O) groups is 2. The third-order valence-corrected chi connectivity index (χ3v) is 6.56. The van der Waals surface area contributed by atoms with Crippen LogP contribution in [-0.2, 0) is 4.79 Å². The molecule has 1 aromatic carbocycles. The Bertz CT molecular complexity index is 889. The van der Waals surface area contributed by atoms with Crippen molar-refractivity contribution in [2.45, 2.75) is 52.4 Å². The van der Waals surface area contributed by atoms with Gasteiger partial charge in [-0.1, -0.05) is 31.0 Å². The van der Waals surface area contributed by atoms with Crippen LogP contribution in [0.2, 0.25) is 0 Å². The summed E-state index contributed by atoms with van der Waals surface area (Å²) in [6.45, 7) is 6.92. The summed E-state index contributed by atoms with van der Waals surface area (Å²) < 4.78 is 1.85. The molecule has 2 aromatic rings. The van der Waals surface area contributed by atoms with Gasteiger partial charge >= 0.3 is 0 Å². The largest absolute Gasteiger partial charge is 0.342 e. The van der Waals surface area contributed by atoms with Gasteiger partial charge < -0.3 is 9.80 Å². The Morgan fingerprint density at radius 3 is 2.13 bits per heavy atom. The van der Waals surface area contributed by atoms with Crippen molar-refractivity contribution in [3.63, 3.8) is 0 Å². The summed E-state index contributed by atoms with van der Waals surface area (Å²) in [5, 5.41) is 4.62. The Morgan fingerprint density at radius 1 is 0.867 bits per heavy atom. The third-order valence-electron chi connectivity index (χ3n) is 6.56. The number of benzene rings is 1. The number of aryl methyl sites for hydroxylation is 1. The molecule has 2 saturated heterocycles. The maximum atomic E-state index is 13.3. The van der Waals surface area contributed by atoms with Gasteiger partial charge in [0.1, 0.15) is 0 Å². The molecule has 0 aliphatic carbocycles. The lowest BCUT2D eigenvalue weighted by Gasteiger charge is -2.34. The molecule has 6 nitrogen and oxygen atoms in total. The molecular formula is C24H32N4O2. The van der Waals surface area contributed by atoms with Crippen molar-refractivity contribution in [1.29, 1.82) is 0 Å². The average Bonchev–Trinajstić information content (AvgIpc) is 2.94. The van der Waals surface area contributed by atoms with Crippen molar-refractivity contribution in [2.24, 2.45) is 5.92 Å². The van der Waals surface area contributed by atoms with Crippen molar-refractivity contribution >= 4 is 11.8 Å². The van der Waals surface area contributed by atoms with E-state index in [9.17, 15) is 9.59 Å². The van der Waals surface area contributed by atoms with Gasteiger partial charge in [-0.15, -0.1) is 0 Å². The number of carbonyl (C=O) groups excluding carboxylic acids is 2. The number of amides is 2. The smallest absolute Gasteiger partial charge is 0.257 e. The van der Waals surface area contributed by atoms with Crippen molar-refractivity contribution in [1.82, 2.24) is 19.6 Å². The second-order valence-corrected chi connectivity index (χ2v) is 8.60. The molecule has 1 aromatic heterocycles. The first-order chi connectivity index (χ1) is 14.6. The van der Waals surface area contributed by atoms with E-state index in [1.165, 1.54) is 12.8 Å². The third kappa shape index (κ3) is 4.13. The van der Waals surface area contributed by atoms with Gasteiger partial charge in [0.15, 0.2) is 0 Å². The fourth-order valence-electron chi connectivity index (χ4n) is 4.81. The molecule has 0 saturated carbocycles. The van der Waals surface area contributed by atoms with Gasteiger partial charge in [-0.05, 0) is 51.7 Å². The number of nitrogens with zero attached hydrogens (tertiary/aromatic N) is 4. The molecule has 0 bridgehead atoms. The number of rotatable bonds is 3. The van der Waals surface area contributed by atoms with Gasteiger partial charge in [-0.2, -0.15) is 5.10 Å². The molecule has 160 valence electrons. The molecule has 2 aliphatic heterocycles. The van der Waals surface area contributed by atoms with Crippen LogP contribution in [0.15, 0.2) is 30.3 Å². The molecule has 6 heteroatoms. The molecule has 2 aliphatic rings. The number of aromatic nitrogens is 2. The molecule has 2 amide bonds. The molecule has 0 radical (unpaired) electrons. The fourth-order valence-corrected chi connectivity index (χ4v) is 4.81. The number of para-hydroxylation sites is 1. The van der Waals surface area contributed by atoms with E-state index in [-0.39, 0.29) is 11.8 Å². The topological polar surface area (TPSA) is 58.4 Å². The number of likely N-dealkylation sites (tertiary alicyclic amines) is 2. The minimum absolute atomic E-state index is 0.0350. The molecule has 3 heterocycles. The first-order valence-electron chi connectivity index (χ1n) is 11.3. The fraction of sp³-hybridized carbons (Fsp3) is 0.542. The molecule has 4 rings (SSSR count). The highest BCUT2D eigenvalue weighted by atomic mass is 16.2. The van der Waals surface area contributed by atoms with Crippen LogP contribution in [0, 0.1) is 19.8 Å². The molecule has 0 unspecified atom stereocenters. The summed E-state index contributed by atoms with van der Waals surface area (Å²) in [7, 11) is 0. The van der Waals surface area contributed by atoms with Crippen LogP contribution in [-0.4, -0.2) is 57.6 Å². The normalized spacial score (nSPS) is 18.3.